The predicted molar refractivity (Wildman–Crippen MR) is 69.0 cm³/mol. The Labute approximate surface area is 107 Å². The Hall–Kier alpha value is -1.33. The minimum absolute atomic E-state index is 0.130. The van der Waals surface area contributed by atoms with Crippen LogP contribution >= 0.6 is 0 Å². The molecule has 2 aliphatic rings. The van der Waals surface area contributed by atoms with Crippen LogP contribution in [0, 0.1) is 0 Å². The Kier molecular flexibility index (Phi) is 3.34. The number of anilines is 1. The molecule has 1 saturated carbocycles. The zero-order chi connectivity index (χ0) is 12.4. The molecule has 0 bridgehead atoms. The van der Waals surface area contributed by atoms with Gasteiger partial charge in [-0.2, -0.15) is 0 Å². The predicted octanol–water partition coefficient (Wildman–Crippen LogP) is 0.393. The van der Waals surface area contributed by atoms with E-state index < -0.39 is 0 Å². The minimum atomic E-state index is -0.189. The summed E-state index contributed by atoms with van der Waals surface area (Å²) < 4.78 is 5.74. The van der Waals surface area contributed by atoms with Crippen molar-refractivity contribution in [2.45, 2.75) is 25.0 Å². The number of pyridine rings is 1. The first kappa shape index (κ1) is 11.7. The molecular formula is C13H19N3O2. The van der Waals surface area contributed by atoms with Crippen molar-refractivity contribution in [3.8, 4) is 5.88 Å². The topological polar surface area (TPSA) is 57.6 Å². The molecule has 2 fully saturated rings. The summed E-state index contributed by atoms with van der Waals surface area (Å²) >= 11 is 0. The number of aromatic nitrogens is 1. The zero-order valence-corrected chi connectivity index (χ0v) is 10.4. The molecule has 3 rings (SSSR count). The van der Waals surface area contributed by atoms with Gasteiger partial charge in [-0.3, -0.25) is 0 Å². The van der Waals surface area contributed by atoms with E-state index >= 15 is 0 Å². The molecule has 0 unspecified atom stereocenters. The Balaban J connectivity index is 1.64. The van der Waals surface area contributed by atoms with Gasteiger partial charge in [-0.1, -0.05) is 0 Å². The molecule has 2 heterocycles. The third kappa shape index (κ3) is 2.57. The van der Waals surface area contributed by atoms with Gasteiger partial charge >= 0.3 is 0 Å². The quantitative estimate of drug-likeness (QED) is 0.812. The SMILES string of the molecule is O[C@H]1C[C@@H](Oc2cc(N3CCNCC3)ccn2)C1. The van der Waals surface area contributed by atoms with Crippen LogP contribution in [0.25, 0.3) is 0 Å². The van der Waals surface area contributed by atoms with E-state index in [4.69, 9.17) is 4.74 Å². The number of hydrogen-bond donors (Lipinski definition) is 2. The lowest BCUT2D eigenvalue weighted by Gasteiger charge is -2.32. The second kappa shape index (κ2) is 5.12. The Morgan fingerprint density at radius 2 is 2.11 bits per heavy atom. The first-order valence-corrected chi connectivity index (χ1v) is 6.58. The molecule has 5 heteroatoms. The van der Waals surface area contributed by atoms with Gasteiger partial charge in [0.2, 0.25) is 5.88 Å². The number of ether oxygens (including phenoxy) is 1. The van der Waals surface area contributed by atoms with Crippen molar-refractivity contribution in [1.29, 1.82) is 0 Å². The molecule has 98 valence electrons. The number of nitrogens with zero attached hydrogens (tertiary/aromatic N) is 2. The zero-order valence-electron chi connectivity index (χ0n) is 10.4. The van der Waals surface area contributed by atoms with Gasteiger partial charge in [-0.15, -0.1) is 0 Å². The van der Waals surface area contributed by atoms with E-state index in [9.17, 15) is 5.11 Å². The van der Waals surface area contributed by atoms with E-state index in [0.717, 1.165) is 39.0 Å². The molecular weight excluding hydrogens is 230 g/mol. The average molecular weight is 249 g/mol. The van der Waals surface area contributed by atoms with Gasteiger partial charge in [0.25, 0.3) is 0 Å². The fraction of sp³-hybridized carbons (Fsp3) is 0.615. The largest absolute Gasteiger partial charge is 0.474 e. The highest BCUT2D eigenvalue weighted by molar-refractivity contribution is 5.48. The maximum absolute atomic E-state index is 9.24. The first-order valence-electron chi connectivity index (χ1n) is 6.58. The lowest BCUT2D eigenvalue weighted by Crippen LogP contribution is -2.43. The standard InChI is InChI=1S/C13H19N3O2/c17-11-8-12(9-11)18-13-7-10(1-2-15-13)16-5-3-14-4-6-16/h1-2,7,11-12,14,17H,3-6,8-9H2/t11-,12+. The van der Waals surface area contributed by atoms with E-state index in [1.165, 1.54) is 5.69 Å². The molecule has 1 aliphatic heterocycles. The van der Waals surface area contributed by atoms with Crippen molar-refractivity contribution >= 4 is 5.69 Å². The minimum Gasteiger partial charge on any atom is -0.474 e. The normalized spacial score (nSPS) is 27.7. The van der Waals surface area contributed by atoms with Crippen molar-refractivity contribution in [3.63, 3.8) is 0 Å². The highest BCUT2D eigenvalue weighted by Crippen LogP contribution is 2.26. The van der Waals surface area contributed by atoms with Crippen LogP contribution in [-0.2, 0) is 0 Å². The number of rotatable bonds is 3. The van der Waals surface area contributed by atoms with Gasteiger partial charge < -0.3 is 20.1 Å². The maximum Gasteiger partial charge on any atom is 0.215 e. The molecule has 1 aliphatic carbocycles. The maximum atomic E-state index is 9.24. The van der Waals surface area contributed by atoms with Crippen LogP contribution in [0.4, 0.5) is 5.69 Å². The van der Waals surface area contributed by atoms with Gasteiger partial charge in [0, 0.05) is 57.0 Å². The van der Waals surface area contributed by atoms with Crippen LogP contribution in [-0.4, -0.2) is 48.5 Å². The number of hydrogen-bond acceptors (Lipinski definition) is 5. The van der Waals surface area contributed by atoms with Gasteiger partial charge in [0.05, 0.1) is 6.10 Å². The van der Waals surface area contributed by atoms with Crippen molar-refractivity contribution in [2.75, 3.05) is 31.1 Å². The van der Waals surface area contributed by atoms with E-state index in [2.05, 4.69) is 15.2 Å². The Bertz CT molecular complexity index is 401. The average Bonchev–Trinajstić information content (AvgIpc) is 2.38. The monoisotopic (exact) mass is 249 g/mol. The summed E-state index contributed by atoms with van der Waals surface area (Å²) in [5.74, 6) is 0.669. The summed E-state index contributed by atoms with van der Waals surface area (Å²) in [6, 6.07) is 4.02. The Morgan fingerprint density at radius 1 is 1.33 bits per heavy atom. The van der Waals surface area contributed by atoms with Crippen LogP contribution in [0.5, 0.6) is 5.88 Å². The molecule has 1 aromatic rings. The molecule has 5 nitrogen and oxygen atoms in total. The van der Waals surface area contributed by atoms with Crippen molar-refractivity contribution < 1.29 is 9.84 Å². The molecule has 2 N–H and O–H groups in total. The molecule has 18 heavy (non-hydrogen) atoms. The molecule has 1 saturated heterocycles. The van der Waals surface area contributed by atoms with E-state index in [1.807, 2.05) is 12.1 Å². The summed E-state index contributed by atoms with van der Waals surface area (Å²) in [6.45, 7) is 4.08. The summed E-state index contributed by atoms with van der Waals surface area (Å²) in [6.07, 6.45) is 3.18. The second-order valence-electron chi connectivity index (χ2n) is 4.95. The molecule has 0 radical (unpaired) electrons. The van der Waals surface area contributed by atoms with Crippen molar-refractivity contribution in [3.05, 3.63) is 18.3 Å². The van der Waals surface area contributed by atoms with E-state index in [-0.39, 0.29) is 12.2 Å². The van der Waals surface area contributed by atoms with E-state index in [0.29, 0.717) is 5.88 Å². The highest BCUT2D eigenvalue weighted by atomic mass is 16.5. The third-order valence-electron chi connectivity index (χ3n) is 3.56. The smallest absolute Gasteiger partial charge is 0.215 e. The molecule has 0 amide bonds. The van der Waals surface area contributed by atoms with Crippen molar-refractivity contribution in [2.24, 2.45) is 0 Å². The molecule has 1 aromatic heterocycles. The summed E-state index contributed by atoms with van der Waals surface area (Å²) in [7, 11) is 0. The summed E-state index contributed by atoms with van der Waals surface area (Å²) in [5, 5.41) is 12.6. The van der Waals surface area contributed by atoms with Gasteiger partial charge in [0.1, 0.15) is 6.10 Å². The molecule has 0 atom stereocenters. The third-order valence-corrected chi connectivity index (χ3v) is 3.56. The van der Waals surface area contributed by atoms with E-state index in [1.54, 1.807) is 6.20 Å². The van der Waals surface area contributed by atoms with Crippen molar-refractivity contribution in [1.82, 2.24) is 10.3 Å². The number of nitrogens with one attached hydrogen (secondary N) is 1. The van der Waals surface area contributed by atoms with Gasteiger partial charge in [-0.25, -0.2) is 4.98 Å². The summed E-state index contributed by atoms with van der Waals surface area (Å²) in [4.78, 5) is 6.57. The van der Waals surface area contributed by atoms with Crippen LogP contribution in [0.2, 0.25) is 0 Å². The summed E-state index contributed by atoms with van der Waals surface area (Å²) in [5.41, 5.74) is 1.17. The van der Waals surface area contributed by atoms with Crippen LogP contribution in [0.1, 0.15) is 12.8 Å². The lowest BCUT2D eigenvalue weighted by molar-refractivity contribution is -0.0128. The lowest BCUT2D eigenvalue weighted by atomic mass is 9.92. The van der Waals surface area contributed by atoms with Crippen LogP contribution in [0.15, 0.2) is 18.3 Å². The molecule has 0 aromatic carbocycles. The number of piperazine rings is 1. The Morgan fingerprint density at radius 3 is 2.83 bits per heavy atom. The fourth-order valence-corrected chi connectivity index (χ4v) is 2.39. The van der Waals surface area contributed by atoms with Crippen LogP contribution < -0.4 is 15.0 Å². The molecule has 0 spiro atoms. The highest BCUT2D eigenvalue weighted by Gasteiger charge is 2.29. The fourth-order valence-electron chi connectivity index (χ4n) is 2.39. The van der Waals surface area contributed by atoms with Gasteiger partial charge in [0.15, 0.2) is 0 Å². The number of aliphatic hydroxyl groups is 1. The first-order chi connectivity index (χ1) is 8.81. The van der Waals surface area contributed by atoms with Crippen LogP contribution in [0.3, 0.4) is 0 Å². The van der Waals surface area contributed by atoms with Gasteiger partial charge in [-0.05, 0) is 6.07 Å². The second-order valence-corrected chi connectivity index (χ2v) is 4.95. The number of aliphatic hydroxyl groups excluding tert-OH is 1.